The minimum absolute atomic E-state index is 0.315. The zero-order chi connectivity index (χ0) is 15.7. The lowest BCUT2D eigenvalue weighted by Crippen LogP contribution is -2.02. The van der Waals surface area contributed by atoms with Crippen LogP contribution in [0.1, 0.15) is 21.6 Å². The molecule has 4 heteroatoms. The molecule has 3 rings (SSSR count). The highest BCUT2D eigenvalue weighted by molar-refractivity contribution is 6.30. The molecule has 0 aliphatic carbocycles. The van der Waals surface area contributed by atoms with Crippen molar-refractivity contribution in [2.24, 2.45) is 0 Å². The molecule has 0 bridgehead atoms. The Bertz CT molecular complexity index is 834. The highest BCUT2D eigenvalue weighted by Gasteiger charge is 2.10. The Labute approximate surface area is 134 Å². The van der Waals surface area contributed by atoms with E-state index >= 15 is 0 Å². The van der Waals surface area contributed by atoms with Crippen molar-refractivity contribution < 1.29 is 9.53 Å². The van der Waals surface area contributed by atoms with Gasteiger partial charge in [-0.15, -0.1) is 0 Å². The molecule has 3 aromatic rings. The number of aromatic nitrogens is 1. The van der Waals surface area contributed by atoms with Gasteiger partial charge in [0.25, 0.3) is 0 Å². The van der Waals surface area contributed by atoms with Crippen LogP contribution in [0.2, 0.25) is 5.02 Å². The second-order valence-corrected chi connectivity index (χ2v) is 5.70. The van der Waals surface area contributed by atoms with E-state index in [0.29, 0.717) is 5.56 Å². The van der Waals surface area contributed by atoms with Gasteiger partial charge in [-0.3, -0.25) is 0 Å². The molecule has 0 unspecified atom stereocenters. The van der Waals surface area contributed by atoms with Gasteiger partial charge < -0.3 is 9.30 Å². The first-order valence-corrected chi connectivity index (χ1v) is 7.39. The second kappa shape index (κ2) is 5.85. The average molecular weight is 314 g/mol. The van der Waals surface area contributed by atoms with Crippen molar-refractivity contribution in [2.45, 2.75) is 13.5 Å². The van der Waals surface area contributed by atoms with Crippen LogP contribution in [0, 0.1) is 6.92 Å². The first-order chi connectivity index (χ1) is 10.6. The quantitative estimate of drug-likeness (QED) is 0.669. The molecule has 0 spiro atoms. The fraction of sp³-hybridized carbons (Fsp3) is 0.167. The van der Waals surface area contributed by atoms with Crippen LogP contribution in [0.4, 0.5) is 0 Å². The zero-order valence-corrected chi connectivity index (χ0v) is 13.2. The van der Waals surface area contributed by atoms with Gasteiger partial charge in [0, 0.05) is 28.2 Å². The fourth-order valence-corrected chi connectivity index (χ4v) is 2.76. The Kier molecular flexibility index (Phi) is 3.90. The minimum atomic E-state index is -0.315. The van der Waals surface area contributed by atoms with Crippen LogP contribution < -0.4 is 0 Å². The van der Waals surface area contributed by atoms with Gasteiger partial charge in [0.15, 0.2) is 0 Å². The van der Waals surface area contributed by atoms with E-state index in [9.17, 15) is 4.79 Å². The van der Waals surface area contributed by atoms with Crippen molar-refractivity contribution >= 4 is 28.5 Å². The molecule has 0 radical (unpaired) electrons. The Morgan fingerprint density at radius 3 is 2.55 bits per heavy atom. The summed E-state index contributed by atoms with van der Waals surface area (Å²) < 4.78 is 6.99. The molecule has 0 atom stereocenters. The Morgan fingerprint density at radius 2 is 1.86 bits per heavy atom. The number of halogens is 1. The second-order valence-electron chi connectivity index (χ2n) is 5.26. The van der Waals surface area contributed by atoms with Gasteiger partial charge in [0.2, 0.25) is 0 Å². The van der Waals surface area contributed by atoms with E-state index in [1.165, 1.54) is 12.7 Å². The fourth-order valence-electron chi connectivity index (χ4n) is 2.64. The highest BCUT2D eigenvalue weighted by atomic mass is 35.5. The largest absolute Gasteiger partial charge is 0.465 e. The standard InChI is InChI=1S/C18H16ClNO2/c1-12-9-15-10-14(18(21)22-2)5-8-17(15)20(12)11-13-3-6-16(19)7-4-13/h3-10H,11H2,1-2H3. The first kappa shape index (κ1) is 14.7. The molecule has 0 saturated heterocycles. The number of aryl methyl sites for hydroxylation is 1. The van der Waals surface area contributed by atoms with E-state index in [1.54, 1.807) is 6.07 Å². The molecule has 112 valence electrons. The molecule has 1 heterocycles. The molecule has 3 nitrogen and oxygen atoms in total. The van der Waals surface area contributed by atoms with Crippen molar-refractivity contribution in [1.82, 2.24) is 4.57 Å². The van der Waals surface area contributed by atoms with Crippen molar-refractivity contribution in [3.05, 3.63) is 70.4 Å². The summed E-state index contributed by atoms with van der Waals surface area (Å²) in [5.41, 5.74) is 3.99. The van der Waals surface area contributed by atoms with Gasteiger partial charge in [-0.2, -0.15) is 0 Å². The van der Waals surface area contributed by atoms with Gasteiger partial charge >= 0.3 is 5.97 Å². The van der Waals surface area contributed by atoms with Crippen LogP contribution in [-0.2, 0) is 11.3 Å². The number of hydrogen-bond acceptors (Lipinski definition) is 2. The van der Waals surface area contributed by atoms with E-state index in [4.69, 9.17) is 16.3 Å². The summed E-state index contributed by atoms with van der Waals surface area (Å²) in [5, 5.41) is 1.77. The van der Waals surface area contributed by atoms with Gasteiger partial charge in [0.05, 0.1) is 12.7 Å². The van der Waals surface area contributed by atoms with Crippen LogP contribution in [0.5, 0.6) is 0 Å². The molecule has 0 fully saturated rings. The first-order valence-electron chi connectivity index (χ1n) is 7.01. The summed E-state index contributed by atoms with van der Waals surface area (Å²) in [6, 6.07) is 15.5. The van der Waals surface area contributed by atoms with E-state index in [2.05, 4.69) is 17.6 Å². The number of ether oxygens (including phenoxy) is 1. The molecule has 2 aromatic carbocycles. The summed E-state index contributed by atoms with van der Waals surface area (Å²) in [6.07, 6.45) is 0. The van der Waals surface area contributed by atoms with Crippen LogP contribution in [-0.4, -0.2) is 17.6 Å². The summed E-state index contributed by atoms with van der Waals surface area (Å²) in [4.78, 5) is 11.6. The minimum Gasteiger partial charge on any atom is -0.465 e. The van der Waals surface area contributed by atoms with E-state index in [0.717, 1.165) is 28.2 Å². The Morgan fingerprint density at radius 1 is 1.14 bits per heavy atom. The number of hydrogen-bond donors (Lipinski definition) is 0. The number of nitrogens with zero attached hydrogens (tertiary/aromatic N) is 1. The van der Waals surface area contributed by atoms with Crippen LogP contribution in [0.15, 0.2) is 48.5 Å². The molecular weight excluding hydrogens is 298 g/mol. The number of benzene rings is 2. The number of rotatable bonds is 3. The normalized spacial score (nSPS) is 10.9. The molecular formula is C18H16ClNO2. The number of carbonyl (C=O) groups excluding carboxylic acids is 1. The molecule has 0 N–H and O–H groups in total. The maximum Gasteiger partial charge on any atom is 0.337 e. The molecule has 1 aromatic heterocycles. The third-order valence-electron chi connectivity index (χ3n) is 3.78. The maximum atomic E-state index is 11.6. The highest BCUT2D eigenvalue weighted by Crippen LogP contribution is 2.23. The third-order valence-corrected chi connectivity index (χ3v) is 4.04. The zero-order valence-electron chi connectivity index (χ0n) is 12.5. The average Bonchev–Trinajstić information content (AvgIpc) is 2.83. The van der Waals surface area contributed by atoms with Gasteiger partial charge in [-0.25, -0.2) is 4.79 Å². The van der Waals surface area contributed by atoms with Crippen LogP contribution in [0.3, 0.4) is 0 Å². The van der Waals surface area contributed by atoms with Gasteiger partial charge in [-0.05, 0) is 48.9 Å². The summed E-state index contributed by atoms with van der Waals surface area (Å²) in [7, 11) is 1.39. The topological polar surface area (TPSA) is 31.2 Å². The Hall–Kier alpha value is -2.26. The predicted molar refractivity (Wildman–Crippen MR) is 88.6 cm³/mol. The number of fused-ring (bicyclic) bond motifs is 1. The number of esters is 1. The van der Waals surface area contributed by atoms with Crippen molar-refractivity contribution in [1.29, 1.82) is 0 Å². The summed E-state index contributed by atoms with van der Waals surface area (Å²) in [5.74, 6) is -0.315. The van der Waals surface area contributed by atoms with E-state index in [-0.39, 0.29) is 5.97 Å². The van der Waals surface area contributed by atoms with Gasteiger partial charge in [-0.1, -0.05) is 23.7 Å². The summed E-state index contributed by atoms with van der Waals surface area (Å²) >= 11 is 5.93. The summed E-state index contributed by atoms with van der Waals surface area (Å²) in [6.45, 7) is 2.83. The monoisotopic (exact) mass is 313 g/mol. The smallest absolute Gasteiger partial charge is 0.337 e. The molecule has 0 saturated carbocycles. The lowest BCUT2D eigenvalue weighted by atomic mass is 10.1. The van der Waals surface area contributed by atoms with Crippen LogP contribution >= 0.6 is 11.6 Å². The third kappa shape index (κ3) is 2.72. The molecule has 22 heavy (non-hydrogen) atoms. The van der Waals surface area contributed by atoms with Crippen molar-refractivity contribution in [2.75, 3.05) is 7.11 Å². The predicted octanol–water partition coefficient (Wildman–Crippen LogP) is 4.44. The number of carbonyl (C=O) groups is 1. The molecule has 0 amide bonds. The van der Waals surface area contributed by atoms with Crippen molar-refractivity contribution in [3.8, 4) is 0 Å². The van der Waals surface area contributed by atoms with E-state index in [1.807, 2.05) is 36.4 Å². The lowest BCUT2D eigenvalue weighted by molar-refractivity contribution is 0.0601. The van der Waals surface area contributed by atoms with Gasteiger partial charge in [0.1, 0.15) is 0 Å². The lowest BCUT2D eigenvalue weighted by Gasteiger charge is -2.09. The van der Waals surface area contributed by atoms with Crippen molar-refractivity contribution in [3.63, 3.8) is 0 Å². The van der Waals surface area contributed by atoms with Crippen LogP contribution in [0.25, 0.3) is 10.9 Å². The Balaban J connectivity index is 2.01. The SMILES string of the molecule is COC(=O)c1ccc2c(c1)cc(C)n2Cc1ccc(Cl)cc1. The molecule has 0 aliphatic heterocycles. The van der Waals surface area contributed by atoms with E-state index < -0.39 is 0 Å². The maximum absolute atomic E-state index is 11.6. The number of methoxy groups -OCH3 is 1. The molecule has 0 aliphatic rings.